The van der Waals surface area contributed by atoms with Crippen LogP contribution in [0.4, 0.5) is 0 Å². The van der Waals surface area contributed by atoms with Gasteiger partial charge in [-0.3, -0.25) is 0 Å². The Balaban J connectivity index is 3.62. The molecule has 0 aromatic heterocycles. The molecule has 0 N–H and O–H groups in total. The SMILES string of the molecule is Cc1cccc(C(=O)[O-])c1S(=O)(=O)[O-]. The molecule has 0 saturated carbocycles. The van der Waals surface area contributed by atoms with Crippen LogP contribution in [0.15, 0.2) is 23.1 Å². The molecular formula is C8H6O5S-2. The van der Waals surface area contributed by atoms with Gasteiger partial charge in [0.2, 0.25) is 0 Å². The van der Waals surface area contributed by atoms with Crippen molar-refractivity contribution in [1.82, 2.24) is 0 Å². The lowest BCUT2D eigenvalue weighted by Crippen LogP contribution is -2.25. The summed E-state index contributed by atoms with van der Waals surface area (Å²) in [5, 5.41) is 10.5. The Bertz CT molecular complexity index is 475. The molecule has 0 atom stereocenters. The van der Waals surface area contributed by atoms with Crippen molar-refractivity contribution in [2.45, 2.75) is 11.8 Å². The molecular weight excluding hydrogens is 208 g/mol. The fourth-order valence-corrected chi connectivity index (χ4v) is 2.03. The molecule has 0 aliphatic heterocycles. The summed E-state index contributed by atoms with van der Waals surface area (Å²) in [6.45, 7) is 1.34. The molecule has 14 heavy (non-hydrogen) atoms. The van der Waals surface area contributed by atoms with Gasteiger partial charge in [0.1, 0.15) is 10.1 Å². The summed E-state index contributed by atoms with van der Waals surface area (Å²) in [7, 11) is -4.78. The molecule has 6 heteroatoms. The number of hydrogen-bond donors (Lipinski definition) is 0. The third-order valence-electron chi connectivity index (χ3n) is 1.68. The third-order valence-corrected chi connectivity index (χ3v) is 2.72. The van der Waals surface area contributed by atoms with E-state index in [1.807, 2.05) is 0 Å². The molecule has 0 heterocycles. The van der Waals surface area contributed by atoms with E-state index in [1.54, 1.807) is 0 Å². The molecule has 0 aliphatic carbocycles. The Labute approximate surface area is 80.7 Å². The molecule has 1 aromatic rings. The zero-order valence-electron chi connectivity index (χ0n) is 7.18. The van der Waals surface area contributed by atoms with E-state index in [-0.39, 0.29) is 5.56 Å². The Kier molecular flexibility index (Phi) is 2.59. The average molecular weight is 214 g/mol. The van der Waals surface area contributed by atoms with Crippen LogP contribution < -0.4 is 5.11 Å². The zero-order valence-corrected chi connectivity index (χ0v) is 8.00. The monoisotopic (exact) mass is 214 g/mol. The number of carbonyl (C=O) groups excluding carboxylic acids is 1. The Morgan fingerprint density at radius 2 is 1.93 bits per heavy atom. The standard InChI is InChI=1S/C8H8O5S/c1-5-3-2-4-6(8(9)10)7(5)14(11,12)13/h2-4H,1H3,(H,9,10)(H,11,12,13)/p-2. The van der Waals surface area contributed by atoms with E-state index in [2.05, 4.69) is 0 Å². The predicted molar refractivity (Wildman–Crippen MR) is 43.5 cm³/mol. The molecule has 0 saturated heterocycles. The van der Waals surface area contributed by atoms with Gasteiger partial charge in [0.25, 0.3) is 0 Å². The maximum atomic E-state index is 10.7. The third kappa shape index (κ3) is 1.91. The first kappa shape index (κ1) is 10.7. The number of aryl methyl sites for hydroxylation is 1. The van der Waals surface area contributed by atoms with E-state index in [0.29, 0.717) is 0 Å². The summed E-state index contributed by atoms with van der Waals surface area (Å²) in [4.78, 5) is 9.78. The number of carboxylic acids is 1. The minimum absolute atomic E-state index is 0.0988. The molecule has 0 aliphatic rings. The van der Waals surface area contributed by atoms with Gasteiger partial charge in [-0.05, 0) is 12.5 Å². The second-order valence-corrected chi connectivity index (χ2v) is 4.01. The molecule has 1 rings (SSSR count). The Hall–Kier alpha value is -1.40. The summed E-state index contributed by atoms with van der Waals surface area (Å²) in [6.07, 6.45) is 0. The largest absolute Gasteiger partial charge is 0.744 e. The Morgan fingerprint density at radius 1 is 1.36 bits per heavy atom. The predicted octanol–water partition coefficient (Wildman–Crippen LogP) is -0.737. The van der Waals surface area contributed by atoms with Crippen LogP contribution in [-0.2, 0) is 10.1 Å². The first-order valence-electron chi connectivity index (χ1n) is 3.61. The minimum atomic E-state index is -4.78. The summed E-state index contributed by atoms with van der Waals surface area (Å²) >= 11 is 0. The van der Waals surface area contributed by atoms with Gasteiger partial charge in [0, 0.05) is 5.56 Å². The van der Waals surface area contributed by atoms with Gasteiger partial charge in [-0.25, -0.2) is 8.42 Å². The van der Waals surface area contributed by atoms with Crippen LogP contribution in [-0.4, -0.2) is 18.9 Å². The van der Waals surface area contributed by atoms with E-state index in [4.69, 9.17) is 0 Å². The van der Waals surface area contributed by atoms with Crippen LogP contribution in [0.2, 0.25) is 0 Å². The lowest BCUT2D eigenvalue weighted by Gasteiger charge is -2.15. The molecule has 0 spiro atoms. The van der Waals surface area contributed by atoms with Gasteiger partial charge in [-0.1, -0.05) is 18.2 Å². The van der Waals surface area contributed by atoms with E-state index >= 15 is 0 Å². The summed E-state index contributed by atoms with van der Waals surface area (Å²) in [5.41, 5.74) is -0.498. The highest BCUT2D eigenvalue weighted by Gasteiger charge is 2.12. The number of rotatable bonds is 2. The van der Waals surface area contributed by atoms with Gasteiger partial charge in [-0.2, -0.15) is 0 Å². The van der Waals surface area contributed by atoms with Crippen LogP contribution in [0, 0.1) is 6.92 Å². The van der Waals surface area contributed by atoms with Crippen molar-refractivity contribution in [3.8, 4) is 0 Å². The van der Waals surface area contributed by atoms with Crippen molar-refractivity contribution in [2.24, 2.45) is 0 Å². The van der Waals surface area contributed by atoms with Gasteiger partial charge in [-0.15, -0.1) is 0 Å². The fraction of sp³-hybridized carbons (Fsp3) is 0.125. The first-order chi connectivity index (χ1) is 6.34. The lowest BCUT2D eigenvalue weighted by molar-refractivity contribution is -0.255. The van der Waals surface area contributed by atoms with Gasteiger partial charge in [0.05, 0.1) is 10.9 Å². The number of carbonyl (C=O) groups is 1. The van der Waals surface area contributed by atoms with Crippen molar-refractivity contribution in [3.05, 3.63) is 29.3 Å². The number of aromatic carboxylic acids is 1. The average Bonchev–Trinajstić information content (AvgIpc) is 2.01. The molecule has 0 fully saturated rings. The van der Waals surface area contributed by atoms with Crippen molar-refractivity contribution >= 4 is 16.1 Å². The van der Waals surface area contributed by atoms with Crippen LogP contribution in [0.1, 0.15) is 15.9 Å². The van der Waals surface area contributed by atoms with E-state index in [9.17, 15) is 22.9 Å². The second-order valence-electron chi connectivity index (χ2n) is 2.69. The highest BCUT2D eigenvalue weighted by Crippen LogP contribution is 2.18. The smallest absolute Gasteiger partial charge is 0.125 e. The number of carboxylic acid groups (broad SMARTS) is 1. The van der Waals surface area contributed by atoms with E-state index < -0.39 is 26.5 Å². The van der Waals surface area contributed by atoms with Crippen LogP contribution in [0.5, 0.6) is 0 Å². The minimum Gasteiger partial charge on any atom is -0.744 e. The van der Waals surface area contributed by atoms with Crippen molar-refractivity contribution < 1.29 is 22.9 Å². The molecule has 0 unspecified atom stereocenters. The van der Waals surface area contributed by atoms with Gasteiger partial charge >= 0.3 is 0 Å². The highest BCUT2D eigenvalue weighted by molar-refractivity contribution is 7.85. The molecule has 76 valence electrons. The second kappa shape index (κ2) is 3.39. The van der Waals surface area contributed by atoms with Crippen LogP contribution >= 0.6 is 0 Å². The maximum absolute atomic E-state index is 10.7. The molecule has 0 bridgehead atoms. The summed E-state index contributed by atoms with van der Waals surface area (Å²) in [5.74, 6) is -1.68. The van der Waals surface area contributed by atoms with Crippen molar-refractivity contribution in [2.75, 3.05) is 0 Å². The van der Waals surface area contributed by atoms with Gasteiger partial charge < -0.3 is 14.5 Å². The van der Waals surface area contributed by atoms with Crippen LogP contribution in [0.25, 0.3) is 0 Å². The molecule has 0 radical (unpaired) electrons. The number of hydrogen-bond acceptors (Lipinski definition) is 5. The zero-order chi connectivity index (χ0) is 10.9. The molecule has 1 aromatic carbocycles. The lowest BCUT2D eigenvalue weighted by atomic mass is 10.1. The van der Waals surface area contributed by atoms with Crippen molar-refractivity contribution in [1.29, 1.82) is 0 Å². The maximum Gasteiger partial charge on any atom is 0.125 e. The molecule has 0 amide bonds. The summed E-state index contributed by atoms with van der Waals surface area (Å²) in [6, 6.07) is 3.71. The van der Waals surface area contributed by atoms with E-state index in [0.717, 1.165) is 6.07 Å². The highest BCUT2D eigenvalue weighted by atomic mass is 32.2. The first-order valence-corrected chi connectivity index (χ1v) is 5.01. The topological polar surface area (TPSA) is 97.3 Å². The van der Waals surface area contributed by atoms with Crippen molar-refractivity contribution in [3.63, 3.8) is 0 Å². The van der Waals surface area contributed by atoms with Gasteiger partial charge in [0.15, 0.2) is 0 Å². The molecule has 5 nitrogen and oxygen atoms in total. The Morgan fingerprint density at radius 3 is 2.29 bits per heavy atom. The summed E-state index contributed by atoms with van der Waals surface area (Å²) < 4.78 is 32.2. The number of benzene rings is 1. The van der Waals surface area contributed by atoms with E-state index in [1.165, 1.54) is 19.1 Å². The van der Waals surface area contributed by atoms with Crippen LogP contribution in [0.3, 0.4) is 0 Å². The normalized spacial score (nSPS) is 11.3. The quantitative estimate of drug-likeness (QED) is 0.604. The fourth-order valence-electron chi connectivity index (χ4n) is 1.15.